The lowest BCUT2D eigenvalue weighted by molar-refractivity contribution is 0.232. The number of hydrogen-bond donors (Lipinski definition) is 1. The molecule has 0 aliphatic rings. The molecule has 0 aromatic heterocycles. The molecular weight excluding hydrogens is 228 g/mol. The third-order valence-electron chi connectivity index (χ3n) is 3.04. The quantitative estimate of drug-likeness (QED) is 0.844. The van der Waals surface area contributed by atoms with Crippen LogP contribution in [0, 0.1) is 6.92 Å². The molecule has 0 fully saturated rings. The molecule has 2 N–H and O–H groups in total. The van der Waals surface area contributed by atoms with Crippen molar-refractivity contribution in [1.29, 1.82) is 0 Å². The van der Waals surface area contributed by atoms with E-state index in [1.54, 1.807) is 0 Å². The van der Waals surface area contributed by atoms with Crippen LogP contribution in [-0.4, -0.2) is 36.5 Å². The van der Waals surface area contributed by atoms with E-state index in [4.69, 9.17) is 5.73 Å². The lowest BCUT2D eigenvalue weighted by Crippen LogP contribution is -2.38. The monoisotopic (exact) mass is 252 g/mol. The van der Waals surface area contributed by atoms with Crippen molar-refractivity contribution in [3.8, 4) is 0 Å². The number of likely N-dealkylation sites (N-methyl/N-ethyl adjacent to an activating group) is 1. The zero-order valence-corrected chi connectivity index (χ0v) is 12.1. The topological polar surface area (TPSA) is 29.3 Å². The van der Waals surface area contributed by atoms with Gasteiger partial charge in [0.1, 0.15) is 0 Å². The predicted octanol–water partition coefficient (Wildman–Crippen LogP) is 2.68. The van der Waals surface area contributed by atoms with E-state index in [9.17, 15) is 0 Å². The molecule has 0 bridgehead atoms. The average Bonchev–Trinajstić information content (AvgIpc) is 2.29. The van der Waals surface area contributed by atoms with E-state index in [1.165, 1.54) is 11.1 Å². The van der Waals surface area contributed by atoms with Crippen molar-refractivity contribution < 1.29 is 0 Å². The van der Waals surface area contributed by atoms with Gasteiger partial charge in [0.2, 0.25) is 0 Å². The molecule has 1 aromatic carbocycles. The Labute approximate surface area is 110 Å². The molecule has 2 atom stereocenters. The summed E-state index contributed by atoms with van der Waals surface area (Å²) in [5.74, 6) is 1.14. The number of nitrogens with zero attached hydrogens (tertiary/aromatic N) is 1. The third-order valence-corrected chi connectivity index (χ3v) is 3.63. The molecule has 96 valence electrons. The van der Waals surface area contributed by atoms with Gasteiger partial charge < -0.3 is 5.73 Å². The van der Waals surface area contributed by atoms with Gasteiger partial charge in [0.15, 0.2) is 0 Å². The van der Waals surface area contributed by atoms with Crippen LogP contribution in [0.1, 0.15) is 24.1 Å². The van der Waals surface area contributed by atoms with Crippen molar-refractivity contribution in [2.45, 2.75) is 25.9 Å². The largest absolute Gasteiger partial charge is 0.326 e. The normalized spacial score (nSPS) is 14.9. The number of benzene rings is 1. The molecular formula is C14H24N2S. The van der Waals surface area contributed by atoms with Gasteiger partial charge in [0.05, 0.1) is 0 Å². The fourth-order valence-electron chi connectivity index (χ4n) is 2.10. The summed E-state index contributed by atoms with van der Waals surface area (Å²) in [6.45, 7) is 5.27. The van der Waals surface area contributed by atoms with E-state index in [2.05, 4.69) is 56.3 Å². The first-order chi connectivity index (χ1) is 8.06. The summed E-state index contributed by atoms with van der Waals surface area (Å²) in [7, 11) is 2.16. The second-order valence-corrected chi connectivity index (χ2v) is 5.67. The first-order valence-corrected chi connectivity index (χ1v) is 7.47. The second-order valence-electron chi connectivity index (χ2n) is 4.69. The van der Waals surface area contributed by atoms with Crippen LogP contribution in [0.25, 0.3) is 0 Å². The van der Waals surface area contributed by atoms with Gasteiger partial charge in [-0.3, -0.25) is 4.90 Å². The number of hydrogen-bond acceptors (Lipinski definition) is 3. The number of aryl methyl sites for hydroxylation is 1. The Kier molecular flexibility index (Phi) is 6.03. The van der Waals surface area contributed by atoms with Crippen LogP contribution in [0.3, 0.4) is 0 Å². The summed E-state index contributed by atoms with van der Waals surface area (Å²) < 4.78 is 0. The van der Waals surface area contributed by atoms with Gasteiger partial charge in [-0.2, -0.15) is 11.8 Å². The molecule has 3 heteroatoms. The highest BCUT2D eigenvalue weighted by Crippen LogP contribution is 2.22. The zero-order chi connectivity index (χ0) is 12.8. The molecule has 0 aliphatic heterocycles. The fraction of sp³-hybridized carbons (Fsp3) is 0.571. The van der Waals surface area contributed by atoms with Gasteiger partial charge in [0, 0.05) is 24.4 Å². The number of rotatable bonds is 6. The molecule has 2 unspecified atom stereocenters. The van der Waals surface area contributed by atoms with Crippen molar-refractivity contribution in [1.82, 2.24) is 4.90 Å². The van der Waals surface area contributed by atoms with Crippen LogP contribution in [0.15, 0.2) is 24.3 Å². The molecule has 1 aromatic rings. The minimum atomic E-state index is 0.143. The van der Waals surface area contributed by atoms with Gasteiger partial charge in [-0.15, -0.1) is 0 Å². The van der Waals surface area contributed by atoms with Gasteiger partial charge in [-0.1, -0.05) is 29.8 Å². The van der Waals surface area contributed by atoms with Crippen LogP contribution in [-0.2, 0) is 0 Å². The summed E-state index contributed by atoms with van der Waals surface area (Å²) in [6.07, 6.45) is 2.14. The summed E-state index contributed by atoms with van der Waals surface area (Å²) in [6, 6.07) is 9.16. The van der Waals surface area contributed by atoms with E-state index < -0.39 is 0 Å². The fourth-order valence-corrected chi connectivity index (χ4v) is 2.57. The SMILES string of the molecule is CSCCN(C)C(c1ccc(C)cc1)C(C)N. The van der Waals surface area contributed by atoms with Crippen molar-refractivity contribution >= 4 is 11.8 Å². The molecule has 17 heavy (non-hydrogen) atoms. The third kappa shape index (κ3) is 4.34. The Morgan fingerprint density at radius 1 is 1.29 bits per heavy atom. The van der Waals surface area contributed by atoms with Crippen LogP contribution in [0.5, 0.6) is 0 Å². The first-order valence-electron chi connectivity index (χ1n) is 6.07. The second kappa shape index (κ2) is 7.04. The summed E-state index contributed by atoms with van der Waals surface area (Å²) in [4.78, 5) is 2.35. The van der Waals surface area contributed by atoms with E-state index in [0.29, 0.717) is 6.04 Å². The van der Waals surface area contributed by atoms with Gasteiger partial charge in [-0.25, -0.2) is 0 Å². The minimum absolute atomic E-state index is 0.143. The van der Waals surface area contributed by atoms with Gasteiger partial charge >= 0.3 is 0 Å². The van der Waals surface area contributed by atoms with E-state index >= 15 is 0 Å². The van der Waals surface area contributed by atoms with Crippen LogP contribution >= 0.6 is 11.8 Å². The van der Waals surface area contributed by atoms with E-state index in [0.717, 1.165) is 12.3 Å². The van der Waals surface area contributed by atoms with Crippen LogP contribution in [0.4, 0.5) is 0 Å². The van der Waals surface area contributed by atoms with Gasteiger partial charge in [0.25, 0.3) is 0 Å². The molecule has 0 amide bonds. The number of thioether (sulfide) groups is 1. The molecule has 0 saturated heterocycles. The Balaban J connectivity index is 2.81. The first kappa shape index (κ1) is 14.6. The summed E-state index contributed by atoms with van der Waals surface area (Å²) in [5, 5.41) is 0. The summed E-state index contributed by atoms with van der Waals surface area (Å²) >= 11 is 1.87. The van der Waals surface area contributed by atoms with Crippen molar-refractivity contribution in [3.63, 3.8) is 0 Å². The molecule has 0 heterocycles. The predicted molar refractivity (Wildman–Crippen MR) is 78.6 cm³/mol. The van der Waals surface area contributed by atoms with E-state index in [1.807, 2.05) is 11.8 Å². The van der Waals surface area contributed by atoms with Crippen molar-refractivity contribution in [3.05, 3.63) is 35.4 Å². The molecule has 0 aliphatic carbocycles. The Morgan fingerprint density at radius 2 is 1.88 bits per heavy atom. The average molecular weight is 252 g/mol. The van der Waals surface area contributed by atoms with E-state index in [-0.39, 0.29) is 6.04 Å². The van der Waals surface area contributed by atoms with Crippen LogP contribution < -0.4 is 5.73 Å². The maximum atomic E-state index is 6.13. The highest BCUT2D eigenvalue weighted by molar-refractivity contribution is 7.98. The zero-order valence-electron chi connectivity index (χ0n) is 11.3. The summed E-state index contributed by atoms with van der Waals surface area (Å²) in [5.41, 5.74) is 8.74. The maximum Gasteiger partial charge on any atom is 0.0493 e. The Hall–Kier alpha value is -0.510. The van der Waals surface area contributed by atoms with Crippen molar-refractivity contribution in [2.75, 3.05) is 25.6 Å². The number of nitrogens with two attached hydrogens (primary N) is 1. The molecule has 0 radical (unpaired) electrons. The van der Waals surface area contributed by atoms with Crippen molar-refractivity contribution in [2.24, 2.45) is 5.73 Å². The minimum Gasteiger partial charge on any atom is -0.326 e. The Morgan fingerprint density at radius 3 is 2.35 bits per heavy atom. The Bertz CT molecular complexity index is 321. The molecule has 1 rings (SSSR count). The lowest BCUT2D eigenvalue weighted by Gasteiger charge is -2.31. The standard InChI is InChI=1S/C14H24N2S/c1-11-5-7-13(8-6-11)14(12(2)15)16(3)9-10-17-4/h5-8,12,14H,9-10,15H2,1-4H3. The lowest BCUT2D eigenvalue weighted by atomic mass is 9.98. The van der Waals surface area contributed by atoms with Gasteiger partial charge in [-0.05, 0) is 32.7 Å². The maximum absolute atomic E-state index is 6.13. The highest BCUT2D eigenvalue weighted by atomic mass is 32.2. The smallest absolute Gasteiger partial charge is 0.0493 e. The van der Waals surface area contributed by atoms with Crippen LogP contribution in [0.2, 0.25) is 0 Å². The molecule has 0 saturated carbocycles. The molecule has 2 nitrogen and oxygen atoms in total. The highest BCUT2D eigenvalue weighted by Gasteiger charge is 2.20. The molecule has 0 spiro atoms.